The first kappa shape index (κ1) is 13.1. The quantitative estimate of drug-likeness (QED) is 0.907. The average molecular weight is 298 g/mol. The summed E-state index contributed by atoms with van der Waals surface area (Å²) < 4.78 is 6.77. The molecule has 2 rings (SSSR count). The molecular weight excluding hydrogens is 278 g/mol. The number of aryl methyl sites for hydroxylation is 2. The predicted octanol–water partition coefficient (Wildman–Crippen LogP) is 3.49. The minimum absolute atomic E-state index is 0.0827. The van der Waals surface area contributed by atoms with Gasteiger partial charge < -0.3 is 10.5 Å². The maximum atomic E-state index is 6.42. The summed E-state index contributed by atoms with van der Waals surface area (Å²) in [7, 11) is 0. The van der Waals surface area contributed by atoms with Gasteiger partial charge in [0.05, 0.1) is 6.10 Å². The smallest absolute Gasteiger partial charge is 0.0594 e. The highest BCUT2D eigenvalue weighted by Gasteiger charge is 2.31. The van der Waals surface area contributed by atoms with E-state index in [1.165, 1.54) is 16.7 Å². The van der Waals surface area contributed by atoms with Gasteiger partial charge in [-0.15, -0.1) is 0 Å². The number of rotatable bonds is 2. The molecule has 0 radical (unpaired) electrons. The molecule has 3 heteroatoms. The van der Waals surface area contributed by atoms with Gasteiger partial charge in [0.15, 0.2) is 0 Å². The molecule has 1 fully saturated rings. The second-order valence-corrected chi connectivity index (χ2v) is 5.87. The van der Waals surface area contributed by atoms with Crippen LogP contribution in [-0.2, 0) is 4.74 Å². The fraction of sp³-hybridized carbons (Fsp3) is 0.571. The van der Waals surface area contributed by atoms with E-state index in [0.717, 1.165) is 17.5 Å². The van der Waals surface area contributed by atoms with Crippen LogP contribution in [0.2, 0.25) is 0 Å². The van der Waals surface area contributed by atoms with Crippen molar-refractivity contribution in [2.75, 3.05) is 6.61 Å². The van der Waals surface area contributed by atoms with E-state index in [1.807, 2.05) is 0 Å². The van der Waals surface area contributed by atoms with E-state index in [1.54, 1.807) is 0 Å². The van der Waals surface area contributed by atoms with Crippen LogP contribution in [0.4, 0.5) is 0 Å². The lowest BCUT2D eigenvalue weighted by atomic mass is 9.86. The van der Waals surface area contributed by atoms with Crippen LogP contribution in [-0.4, -0.2) is 12.7 Å². The van der Waals surface area contributed by atoms with Crippen LogP contribution in [0.5, 0.6) is 0 Å². The van der Waals surface area contributed by atoms with Gasteiger partial charge in [-0.25, -0.2) is 0 Å². The van der Waals surface area contributed by atoms with E-state index in [0.29, 0.717) is 5.92 Å². The Morgan fingerprint density at radius 1 is 1.35 bits per heavy atom. The van der Waals surface area contributed by atoms with Crippen LogP contribution in [0.3, 0.4) is 0 Å². The maximum Gasteiger partial charge on any atom is 0.0594 e. The Morgan fingerprint density at radius 3 is 2.65 bits per heavy atom. The number of halogens is 1. The highest BCUT2D eigenvalue weighted by molar-refractivity contribution is 9.10. The molecule has 1 aliphatic rings. The first-order chi connectivity index (χ1) is 8.00. The van der Waals surface area contributed by atoms with Gasteiger partial charge >= 0.3 is 0 Å². The first-order valence-electron chi connectivity index (χ1n) is 6.14. The summed E-state index contributed by atoms with van der Waals surface area (Å²) in [4.78, 5) is 0. The number of ether oxygens (including phenoxy) is 1. The number of hydrogen-bond donors (Lipinski definition) is 1. The van der Waals surface area contributed by atoms with Crippen LogP contribution < -0.4 is 5.73 Å². The van der Waals surface area contributed by atoms with Gasteiger partial charge in [0.25, 0.3) is 0 Å². The molecule has 0 bridgehead atoms. The number of nitrogens with two attached hydrogens (primary N) is 1. The van der Waals surface area contributed by atoms with Gasteiger partial charge in [0.2, 0.25) is 0 Å². The summed E-state index contributed by atoms with van der Waals surface area (Å²) in [6.45, 7) is 7.20. The molecule has 1 aromatic rings. The minimum Gasteiger partial charge on any atom is -0.378 e. The van der Waals surface area contributed by atoms with Crippen molar-refractivity contribution in [1.82, 2.24) is 0 Å². The summed E-state index contributed by atoms with van der Waals surface area (Å²) in [5.74, 6) is 0.439. The van der Waals surface area contributed by atoms with Crippen molar-refractivity contribution in [3.8, 4) is 0 Å². The molecule has 1 aliphatic heterocycles. The summed E-state index contributed by atoms with van der Waals surface area (Å²) in [5.41, 5.74) is 10.2. The summed E-state index contributed by atoms with van der Waals surface area (Å²) in [6, 6.07) is 4.44. The van der Waals surface area contributed by atoms with Crippen LogP contribution in [0.15, 0.2) is 16.6 Å². The van der Waals surface area contributed by atoms with Gasteiger partial charge in [-0.1, -0.05) is 22.0 Å². The highest BCUT2D eigenvalue weighted by Crippen LogP contribution is 2.34. The lowest BCUT2D eigenvalue weighted by molar-refractivity contribution is 0.0994. The van der Waals surface area contributed by atoms with Gasteiger partial charge in [-0.05, 0) is 49.9 Å². The molecule has 2 N–H and O–H groups in total. The molecule has 3 unspecified atom stereocenters. The normalized spacial score (nSPS) is 26.2. The third kappa shape index (κ3) is 2.56. The number of benzene rings is 1. The van der Waals surface area contributed by atoms with Crippen LogP contribution >= 0.6 is 15.9 Å². The molecule has 0 amide bonds. The lowest BCUT2D eigenvalue weighted by Crippen LogP contribution is -2.27. The Labute approximate surface area is 112 Å². The molecule has 0 saturated carbocycles. The SMILES string of the molecule is Cc1cc(C(N)C2CCOC2C)c(C)cc1Br. The minimum atomic E-state index is 0.0827. The summed E-state index contributed by atoms with van der Waals surface area (Å²) in [5, 5.41) is 0. The van der Waals surface area contributed by atoms with Crippen LogP contribution in [0.25, 0.3) is 0 Å². The third-order valence-electron chi connectivity index (χ3n) is 3.80. The lowest BCUT2D eigenvalue weighted by Gasteiger charge is -2.24. The van der Waals surface area contributed by atoms with Gasteiger partial charge in [0, 0.05) is 23.0 Å². The molecule has 1 saturated heterocycles. The van der Waals surface area contributed by atoms with Crippen molar-refractivity contribution in [2.45, 2.75) is 39.3 Å². The van der Waals surface area contributed by atoms with Gasteiger partial charge in [-0.2, -0.15) is 0 Å². The second-order valence-electron chi connectivity index (χ2n) is 5.01. The van der Waals surface area contributed by atoms with E-state index in [9.17, 15) is 0 Å². The average Bonchev–Trinajstić information content (AvgIpc) is 2.69. The topological polar surface area (TPSA) is 35.2 Å². The molecular formula is C14H20BrNO. The largest absolute Gasteiger partial charge is 0.378 e. The molecule has 1 heterocycles. The highest BCUT2D eigenvalue weighted by atomic mass is 79.9. The van der Waals surface area contributed by atoms with E-state index in [-0.39, 0.29) is 12.1 Å². The standard InChI is InChI=1S/C14H20BrNO/c1-8-7-13(15)9(2)6-12(8)14(16)11-4-5-17-10(11)3/h6-7,10-11,14H,4-5,16H2,1-3H3. The molecule has 0 spiro atoms. The predicted molar refractivity (Wildman–Crippen MR) is 74.1 cm³/mol. The Morgan fingerprint density at radius 2 is 2.06 bits per heavy atom. The molecule has 1 aromatic carbocycles. The first-order valence-corrected chi connectivity index (χ1v) is 6.94. The Balaban J connectivity index is 2.30. The summed E-state index contributed by atoms with van der Waals surface area (Å²) >= 11 is 3.56. The molecule has 3 atom stereocenters. The Bertz CT molecular complexity index is 419. The van der Waals surface area contributed by atoms with E-state index in [2.05, 4.69) is 48.8 Å². The molecule has 17 heavy (non-hydrogen) atoms. The zero-order valence-electron chi connectivity index (χ0n) is 10.7. The summed E-state index contributed by atoms with van der Waals surface area (Å²) in [6.07, 6.45) is 1.34. The van der Waals surface area contributed by atoms with Crippen molar-refractivity contribution in [2.24, 2.45) is 11.7 Å². The molecule has 0 aromatic heterocycles. The fourth-order valence-electron chi connectivity index (χ4n) is 2.61. The van der Waals surface area contributed by atoms with Gasteiger partial charge in [-0.3, -0.25) is 0 Å². The van der Waals surface area contributed by atoms with Crippen molar-refractivity contribution in [3.63, 3.8) is 0 Å². The zero-order valence-corrected chi connectivity index (χ0v) is 12.3. The Kier molecular flexibility index (Phi) is 3.91. The van der Waals surface area contributed by atoms with E-state index < -0.39 is 0 Å². The van der Waals surface area contributed by atoms with Crippen molar-refractivity contribution >= 4 is 15.9 Å². The van der Waals surface area contributed by atoms with Crippen molar-refractivity contribution in [1.29, 1.82) is 0 Å². The monoisotopic (exact) mass is 297 g/mol. The fourth-order valence-corrected chi connectivity index (χ4v) is 3.07. The van der Waals surface area contributed by atoms with E-state index in [4.69, 9.17) is 10.5 Å². The molecule has 2 nitrogen and oxygen atoms in total. The van der Waals surface area contributed by atoms with Crippen molar-refractivity contribution < 1.29 is 4.74 Å². The second kappa shape index (κ2) is 5.09. The molecule has 94 valence electrons. The zero-order chi connectivity index (χ0) is 12.6. The van der Waals surface area contributed by atoms with Crippen LogP contribution in [0.1, 0.15) is 36.1 Å². The van der Waals surface area contributed by atoms with E-state index >= 15 is 0 Å². The maximum absolute atomic E-state index is 6.42. The Hall–Kier alpha value is -0.380. The van der Waals surface area contributed by atoms with Crippen molar-refractivity contribution in [3.05, 3.63) is 33.3 Å². The molecule has 0 aliphatic carbocycles. The number of hydrogen-bond acceptors (Lipinski definition) is 2. The van der Waals surface area contributed by atoms with Gasteiger partial charge in [0.1, 0.15) is 0 Å². The van der Waals surface area contributed by atoms with Crippen LogP contribution in [0, 0.1) is 19.8 Å². The third-order valence-corrected chi connectivity index (χ3v) is 4.66.